The standard InChI is InChI=1S/C54H36/c1-3-13-37(14-4-1)39-23-25-40(26-24-39)41-27-29-42(30-28-41)45-33-34-47(46-32-31-38-15-7-8-18-44(38)35-46)52(36-45)54-50-21-11-9-19-48(50)53(43-16-5-2-6-17-43)49-20-10-12-22-51(49)54/h1-36H. The smallest absolute Gasteiger partial charge is 0.00199 e. The fourth-order valence-corrected chi connectivity index (χ4v) is 8.21. The van der Waals surface area contributed by atoms with Gasteiger partial charge >= 0.3 is 0 Å². The maximum Gasteiger partial charge on any atom is -0.00199 e. The van der Waals surface area contributed by atoms with Crippen LogP contribution in [0.25, 0.3) is 99.1 Å². The van der Waals surface area contributed by atoms with E-state index in [4.69, 9.17) is 0 Å². The van der Waals surface area contributed by atoms with Crippen LogP contribution in [0, 0.1) is 0 Å². The predicted octanol–water partition coefficient (Wildman–Crippen LogP) is 15.1. The molecule has 54 heavy (non-hydrogen) atoms. The average Bonchev–Trinajstić information content (AvgIpc) is 3.26. The van der Waals surface area contributed by atoms with Crippen molar-refractivity contribution < 1.29 is 0 Å². The Bertz CT molecular complexity index is 2880. The van der Waals surface area contributed by atoms with Crippen LogP contribution in [-0.4, -0.2) is 0 Å². The van der Waals surface area contributed by atoms with E-state index in [2.05, 4.69) is 218 Å². The number of hydrogen-bond donors (Lipinski definition) is 0. The summed E-state index contributed by atoms with van der Waals surface area (Å²) in [7, 11) is 0. The molecule has 0 heteroatoms. The van der Waals surface area contributed by atoms with Gasteiger partial charge in [0, 0.05) is 0 Å². The predicted molar refractivity (Wildman–Crippen MR) is 232 cm³/mol. The Morgan fingerprint density at radius 1 is 0.185 bits per heavy atom. The van der Waals surface area contributed by atoms with E-state index >= 15 is 0 Å². The summed E-state index contributed by atoms with van der Waals surface area (Å²) < 4.78 is 0. The van der Waals surface area contributed by atoms with E-state index in [1.54, 1.807) is 0 Å². The van der Waals surface area contributed by atoms with Crippen LogP contribution in [0.4, 0.5) is 0 Å². The van der Waals surface area contributed by atoms with Gasteiger partial charge in [0.1, 0.15) is 0 Å². The Labute approximate surface area is 316 Å². The van der Waals surface area contributed by atoms with E-state index in [1.807, 2.05) is 0 Å². The van der Waals surface area contributed by atoms with Crippen LogP contribution in [0.1, 0.15) is 0 Å². The molecule has 0 aromatic heterocycles. The van der Waals surface area contributed by atoms with Crippen LogP contribution in [0.15, 0.2) is 218 Å². The van der Waals surface area contributed by atoms with Crippen molar-refractivity contribution in [3.05, 3.63) is 218 Å². The minimum Gasteiger partial charge on any atom is -0.0622 e. The molecule has 252 valence electrons. The first-order chi connectivity index (χ1) is 26.8. The monoisotopic (exact) mass is 684 g/mol. The van der Waals surface area contributed by atoms with Gasteiger partial charge in [-0.05, 0) is 111 Å². The van der Waals surface area contributed by atoms with Gasteiger partial charge in [-0.2, -0.15) is 0 Å². The van der Waals surface area contributed by atoms with Crippen molar-refractivity contribution in [2.45, 2.75) is 0 Å². The summed E-state index contributed by atoms with van der Waals surface area (Å²) in [5.41, 5.74) is 14.7. The van der Waals surface area contributed by atoms with Gasteiger partial charge in [0.2, 0.25) is 0 Å². The fourth-order valence-electron chi connectivity index (χ4n) is 8.21. The summed E-state index contributed by atoms with van der Waals surface area (Å²) >= 11 is 0. The summed E-state index contributed by atoms with van der Waals surface area (Å²) in [5.74, 6) is 0. The molecule has 0 aliphatic carbocycles. The number of benzene rings is 10. The Kier molecular flexibility index (Phi) is 7.93. The Balaban J connectivity index is 1.16. The third kappa shape index (κ3) is 5.66. The maximum absolute atomic E-state index is 2.42. The molecule has 0 aliphatic heterocycles. The van der Waals surface area contributed by atoms with E-state index in [1.165, 1.54) is 99.1 Å². The zero-order chi connectivity index (χ0) is 35.8. The van der Waals surface area contributed by atoms with Crippen molar-refractivity contribution in [1.29, 1.82) is 0 Å². The molecule has 0 atom stereocenters. The molecule has 0 N–H and O–H groups in total. The van der Waals surface area contributed by atoms with Crippen LogP contribution in [0.2, 0.25) is 0 Å². The molecule has 0 radical (unpaired) electrons. The third-order valence-electron chi connectivity index (χ3n) is 10.9. The lowest BCUT2D eigenvalue weighted by atomic mass is 9.82. The van der Waals surface area contributed by atoms with Gasteiger partial charge in [-0.25, -0.2) is 0 Å². The maximum atomic E-state index is 2.42. The SMILES string of the molecule is c1ccc(-c2ccc(-c3ccc(-c4ccc(-c5ccc6ccccc6c5)c(-c5c6ccccc6c(-c6ccccc6)c6ccccc56)c4)cc3)cc2)cc1. The zero-order valence-electron chi connectivity index (χ0n) is 29.8. The number of fused-ring (bicyclic) bond motifs is 3. The van der Waals surface area contributed by atoms with E-state index in [-0.39, 0.29) is 0 Å². The first-order valence-corrected chi connectivity index (χ1v) is 18.7. The van der Waals surface area contributed by atoms with Crippen molar-refractivity contribution in [2.24, 2.45) is 0 Å². The summed E-state index contributed by atoms with van der Waals surface area (Å²) in [6.07, 6.45) is 0. The van der Waals surface area contributed by atoms with E-state index in [0.29, 0.717) is 0 Å². The molecule has 0 nitrogen and oxygen atoms in total. The van der Waals surface area contributed by atoms with Crippen LogP contribution in [0.5, 0.6) is 0 Å². The molecule has 10 aromatic rings. The molecule has 10 aromatic carbocycles. The molecule has 0 saturated carbocycles. The molecule has 10 rings (SSSR count). The second kappa shape index (κ2) is 13.5. The number of rotatable bonds is 6. The highest BCUT2D eigenvalue weighted by atomic mass is 14.2. The second-order valence-electron chi connectivity index (χ2n) is 14.1. The molecule has 0 amide bonds. The van der Waals surface area contributed by atoms with Crippen LogP contribution >= 0.6 is 0 Å². The van der Waals surface area contributed by atoms with E-state index in [0.717, 1.165) is 0 Å². The zero-order valence-corrected chi connectivity index (χ0v) is 29.8. The van der Waals surface area contributed by atoms with Gasteiger partial charge in [0.15, 0.2) is 0 Å². The van der Waals surface area contributed by atoms with E-state index in [9.17, 15) is 0 Å². The third-order valence-corrected chi connectivity index (χ3v) is 10.9. The minimum atomic E-state index is 1.19. The summed E-state index contributed by atoms with van der Waals surface area (Å²) in [6.45, 7) is 0. The van der Waals surface area contributed by atoms with Crippen LogP contribution in [0.3, 0.4) is 0 Å². The lowest BCUT2D eigenvalue weighted by Crippen LogP contribution is -1.93. The first kappa shape index (κ1) is 31.7. The minimum absolute atomic E-state index is 1.19. The molecule has 0 spiro atoms. The van der Waals surface area contributed by atoms with Crippen molar-refractivity contribution >= 4 is 32.3 Å². The van der Waals surface area contributed by atoms with Crippen molar-refractivity contribution in [1.82, 2.24) is 0 Å². The Morgan fingerprint density at radius 3 is 1.13 bits per heavy atom. The molecule has 0 unspecified atom stereocenters. The highest BCUT2D eigenvalue weighted by molar-refractivity contribution is 6.22. The molecule has 0 saturated heterocycles. The molecule has 0 fully saturated rings. The van der Waals surface area contributed by atoms with Gasteiger partial charge in [0.05, 0.1) is 0 Å². The molecule has 0 heterocycles. The largest absolute Gasteiger partial charge is 0.0622 e. The molecule has 0 aliphatic rings. The fraction of sp³-hybridized carbons (Fsp3) is 0. The highest BCUT2D eigenvalue weighted by Gasteiger charge is 2.20. The topological polar surface area (TPSA) is 0 Å². The summed E-state index contributed by atoms with van der Waals surface area (Å²) in [5, 5.41) is 7.51. The van der Waals surface area contributed by atoms with Gasteiger partial charge < -0.3 is 0 Å². The van der Waals surface area contributed by atoms with Gasteiger partial charge in [-0.15, -0.1) is 0 Å². The van der Waals surface area contributed by atoms with Crippen molar-refractivity contribution in [3.63, 3.8) is 0 Å². The van der Waals surface area contributed by atoms with Crippen LogP contribution < -0.4 is 0 Å². The molecule has 0 bridgehead atoms. The van der Waals surface area contributed by atoms with Crippen LogP contribution in [-0.2, 0) is 0 Å². The van der Waals surface area contributed by atoms with Crippen molar-refractivity contribution in [3.8, 4) is 66.8 Å². The Morgan fingerprint density at radius 2 is 0.574 bits per heavy atom. The lowest BCUT2D eigenvalue weighted by molar-refractivity contribution is 1.57. The summed E-state index contributed by atoms with van der Waals surface area (Å²) in [4.78, 5) is 0. The average molecular weight is 685 g/mol. The summed E-state index contributed by atoms with van der Waals surface area (Å²) in [6, 6.07) is 79.8. The first-order valence-electron chi connectivity index (χ1n) is 18.7. The number of hydrogen-bond acceptors (Lipinski definition) is 0. The van der Waals surface area contributed by atoms with Gasteiger partial charge in [0.25, 0.3) is 0 Å². The molecular formula is C54H36. The van der Waals surface area contributed by atoms with E-state index < -0.39 is 0 Å². The highest BCUT2D eigenvalue weighted by Crippen LogP contribution is 2.47. The Hall–Kier alpha value is -7.02. The normalized spacial score (nSPS) is 11.3. The van der Waals surface area contributed by atoms with Crippen molar-refractivity contribution in [2.75, 3.05) is 0 Å². The van der Waals surface area contributed by atoms with Gasteiger partial charge in [-0.3, -0.25) is 0 Å². The second-order valence-corrected chi connectivity index (χ2v) is 14.1. The van der Waals surface area contributed by atoms with Gasteiger partial charge in [-0.1, -0.05) is 206 Å². The quantitative estimate of drug-likeness (QED) is 0.153. The molecular weight excluding hydrogens is 649 g/mol. The lowest BCUT2D eigenvalue weighted by Gasteiger charge is -2.21.